The molecule has 3 rings (SSSR count). The van der Waals surface area contributed by atoms with Gasteiger partial charge < -0.3 is 19.7 Å². The first-order chi connectivity index (χ1) is 12.1. The summed E-state index contributed by atoms with van der Waals surface area (Å²) in [5.74, 6) is -1.16. The van der Waals surface area contributed by atoms with Crippen LogP contribution in [0.15, 0.2) is 30.7 Å². The number of carboxylic acids is 1. The lowest BCUT2D eigenvalue weighted by Crippen LogP contribution is -2.39. The zero-order valence-electron chi connectivity index (χ0n) is 14.1. The maximum Gasteiger partial charge on any atom is 0.308 e. The fourth-order valence-corrected chi connectivity index (χ4v) is 3.24. The summed E-state index contributed by atoms with van der Waals surface area (Å²) in [5.41, 5.74) is 0.412. The minimum Gasteiger partial charge on any atom is -0.481 e. The van der Waals surface area contributed by atoms with Crippen molar-refractivity contribution in [1.82, 2.24) is 19.7 Å². The molecule has 2 N–H and O–H groups in total. The van der Waals surface area contributed by atoms with Crippen molar-refractivity contribution in [1.29, 1.82) is 0 Å². The summed E-state index contributed by atoms with van der Waals surface area (Å²) in [6.45, 7) is 1.24. The predicted octanol–water partition coefficient (Wildman–Crippen LogP) is 1.07. The molecule has 2 aromatic rings. The summed E-state index contributed by atoms with van der Waals surface area (Å²) in [6.07, 6.45) is 6.56. The highest BCUT2D eigenvalue weighted by molar-refractivity contribution is 5.97. The average Bonchev–Trinajstić information content (AvgIpc) is 3.24. The highest BCUT2D eigenvalue weighted by atomic mass is 16.5. The molecule has 134 valence electrons. The Kier molecular flexibility index (Phi) is 5.18. The number of amides is 1. The quantitative estimate of drug-likeness (QED) is 0.815. The van der Waals surface area contributed by atoms with Crippen LogP contribution < -0.4 is 5.32 Å². The number of aromatic nitrogens is 3. The van der Waals surface area contributed by atoms with Crippen molar-refractivity contribution in [3.63, 3.8) is 0 Å². The highest BCUT2D eigenvalue weighted by Crippen LogP contribution is 2.24. The maximum absolute atomic E-state index is 12.6. The molecular formula is C17H22N4O4. The van der Waals surface area contributed by atoms with Gasteiger partial charge in [-0.1, -0.05) is 0 Å². The van der Waals surface area contributed by atoms with E-state index in [4.69, 9.17) is 4.74 Å². The molecule has 1 saturated heterocycles. The van der Waals surface area contributed by atoms with Crippen LogP contribution in [0.1, 0.15) is 23.2 Å². The first-order valence-corrected chi connectivity index (χ1v) is 8.32. The van der Waals surface area contributed by atoms with Gasteiger partial charge in [0.15, 0.2) is 0 Å². The van der Waals surface area contributed by atoms with E-state index in [-0.39, 0.29) is 18.4 Å². The Morgan fingerprint density at radius 3 is 2.68 bits per heavy atom. The second kappa shape index (κ2) is 7.52. The third-order valence-corrected chi connectivity index (χ3v) is 4.64. The molecule has 3 heterocycles. The van der Waals surface area contributed by atoms with Gasteiger partial charge in [-0.3, -0.25) is 14.3 Å². The van der Waals surface area contributed by atoms with Gasteiger partial charge in [0.25, 0.3) is 5.91 Å². The lowest BCUT2D eigenvalue weighted by Gasteiger charge is -2.27. The van der Waals surface area contributed by atoms with E-state index >= 15 is 0 Å². The van der Waals surface area contributed by atoms with Crippen LogP contribution in [0.4, 0.5) is 0 Å². The van der Waals surface area contributed by atoms with Gasteiger partial charge in [-0.2, -0.15) is 5.10 Å². The molecular weight excluding hydrogens is 324 g/mol. The normalized spacial score (nSPS) is 16.5. The molecule has 25 heavy (non-hydrogen) atoms. The van der Waals surface area contributed by atoms with Crippen molar-refractivity contribution >= 4 is 11.9 Å². The molecule has 1 amide bonds. The molecule has 1 atom stereocenters. The van der Waals surface area contributed by atoms with Gasteiger partial charge in [0.05, 0.1) is 12.1 Å². The molecule has 1 aliphatic heterocycles. The van der Waals surface area contributed by atoms with Crippen molar-refractivity contribution in [2.75, 3.05) is 19.8 Å². The fourth-order valence-electron chi connectivity index (χ4n) is 3.24. The van der Waals surface area contributed by atoms with E-state index in [1.54, 1.807) is 16.3 Å². The van der Waals surface area contributed by atoms with E-state index in [2.05, 4.69) is 10.4 Å². The van der Waals surface area contributed by atoms with Gasteiger partial charge >= 0.3 is 5.97 Å². The van der Waals surface area contributed by atoms with Crippen LogP contribution in [-0.2, 0) is 16.6 Å². The van der Waals surface area contributed by atoms with Crippen LogP contribution in [0.3, 0.4) is 0 Å². The number of nitrogens with one attached hydrogen (secondary N) is 1. The number of carbonyl (C=O) groups excluding carboxylic acids is 1. The summed E-state index contributed by atoms with van der Waals surface area (Å²) in [4.78, 5) is 24.2. The van der Waals surface area contributed by atoms with E-state index in [0.29, 0.717) is 37.4 Å². The van der Waals surface area contributed by atoms with Gasteiger partial charge in [-0.05, 0) is 30.9 Å². The third kappa shape index (κ3) is 3.74. The maximum atomic E-state index is 12.6. The molecule has 0 saturated carbocycles. The molecule has 0 radical (unpaired) electrons. The second-order valence-corrected chi connectivity index (χ2v) is 6.20. The van der Waals surface area contributed by atoms with Crippen molar-refractivity contribution in [3.05, 3.63) is 36.3 Å². The number of nitrogens with zero attached hydrogens (tertiary/aromatic N) is 3. The van der Waals surface area contributed by atoms with Crippen LogP contribution in [-0.4, -0.2) is 51.1 Å². The number of aliphatic carboxylic acids is 1. The van der Waals surface area contributed by atoms with Gasteiger partial charge in [-0.15, -0.1) is 0 Å². The number of hydrogen-bond donors (Lipinski definition) is 2. The number of aryl methyl sites for hydroxylation is 1. The SMILES string of the molecule is Cn1ncc(C(=O)NCC(C(=O)O)C2CCOCC2)c1-n1cccc1. The zero-order chi connectivity index (χ0) is 17.8. The lowest BCUT2D eigenvalue weighted by atomic mass is 9.86. The minimum atomic E-state index is -0.885. The molecule has 2 aromatic heterocycles. The number of ether oxygens (including phenoxy) is 1. The van der Waals surface area contributed by atoms with E-state index in [0.717, 1.165) is 0 Å². The van der Waals surface area contributed by atoms with Crippen LogP contribution in [0.2, 0.25) is 0 Å². The fraction of sp³-hybridized carbons (Fsp3) is 0.471. The first kappa shape index (κ1) is 17.2. The summed E-state index contributed by atoms with van der Waals surface area (Å²) >= 11 is 0. The van der Waals surface area contributed by atoms with E-state index in [1.165, 1.54) is 6.20 Å². The molecule has 0 bridgehead atoms. The van der Waals surface area contributed by atoms with Crippen LogP contribution in [0.5, 0.6) is 0 Å². The molecule has 0 aliphatic carbocycles. The number of hydrogen-bond acceptors (Lipinski definition) is 4. The van der Waals surface area contributed by atoms with Gasteiger partial charge in [-0.25, -0.2) is 0 Å². The van der Waals surface area contributed by atoms with Gasteiger partial charge in [0.1, 0.15) is 11.4 Å². The first-order valence-electron chi connectivity index (χ1n) is 8.32. The van der Waals surface area contributed by atoms with Crippen LogP contribution in [0.25, 0.3) is 5.82 Å². The molecule has 0 aromatic carbocycles. The summed E-state index contributed by atoms with van der Waals surface area (Å²) in [5, 5.41) is 16.4. The third-order valence-electron chi connectivity index (χ3n) is 4.64. The smallest absolute Gasteiger partial charge is 0.308 e. The molecule has 1 fully saturated rings. The van der Waals surface area contributed by atoms with Gasteiger partial charge in [0.2, 0.25) is 0 Å². The topological polar surface area (TPSA) is 98.4 Å². The van der Waals surface area contributed by atoms with E-state index in [1.807, 2.05) is 24.5 Å². The van der Waals surface area contributed by atoms with Crippen LogP contribution in [0, 0.1) is 11.8 Å². The van der Waals surface area contributed by atoms with E-state index in [9.17, 15) is 14.7 Å². The predicted molar refractivity (Wildman–Crippen MR) is 89.5 cm³/mol. The Morgan fingerprint density at radius 1 is 1.36 bits per heavy atom. The Hall–Kier alpha value is -2.61. The number of carboxylic acid groups (broad SMARTS) is 1. The standard InChI is InChI=1S/C17H22N4O4/c1-20-16(21-6-2-3-7-21)14(11-19-20)15(22)18-10-13(17(23)24)12-4-8-25-9-5-12/h2-3,6-7,11-13H,4-5,8-10H2,1H3,(H,18,22)(H,23,24). The Labute approximate surface area is 145 Å². The number of carbonyl (C=O) groups is 2. The minimum absolute atomic E-state index is 0.0179. The van der Waals surface area contributed by atoms with E-state index < -0.39 is 11.9 Å². The molecule has 1 aliphatic rings. The monoisotopic (exact) mass is 346 g/mol. The molecule has 8 nitrogen and oxygen atoms in total. The Balaban J connectivity index is 1.71. The molecule has 8 heteroatoms. The Bertz CT molecular complexity index is 732. The summed E-state index contributed by atoms with van der Waals surface area (Å²) < 4.78 is 8.70. The van der Waals surface area contributed by atoms with Crippen molar-refractivity contribution < 1.29 is 19.4 Å². The summed E-state index contributed by atoms with van der Waals surface area (Å²) in [7, 11) is 1.76. The second-order valence-electron chi connectivity index (χ2n) is 6.20. The highest BCUT2D eigenvalue weighted by Gasteiger charge is 2.30. The summed E-state index contributed by atoms with van der Waals surface area (Å²) in [6, 6.07) is 3.72. The largest absolute Gasteiger partial charge is 0.481 e. The van der Waals surface area contributed by atoms with Crippen LogP contribution >= 0.6 is 0 Å². The molecule has 0 spiro atoms. The van der Waals surface area contributed by atoms with Crippen molar-refractivity contribution in [3.8, 4) is 5.82 Å². The zero-order valence-corrected chi connectivity index (χ0v) is 14.1. The Morgan fingerprint density at radius 2 is 2.04 bits per heavy atom. The lowest BCUT2D eigenvalue weighted by molar-refractivity contribution is -0.144. The van der Waals surface area contributed by atoms with Gasteiger partial charge in [0, 0.05) is 39.2 Å². The average molecular weight is 346 g/mol. The molecule has 1 unspecified atom stereocenters. The van der Waals surface area contributed by atoms with Crippen molar-refractivity contribution in [2.24, 2.45) is 18.9 Å². The number of rotatable bonds is 6. The van der Waals surface area contributed by atoms with Crippen molar-refractivity contribution in [2.45, 2.75) is 12.8 Å².